The lowest BCUT2D eigenvalue weighted by Gasteiger charge is -2.40. The lowest BCUT2D eigenvalue weighted by atomic mass is 9.83. The Bertz CT molecular complexity index is 604. The quantitative estimate of drug-likeness (QED) is 0.786. The van der Waals surface area contributed by atoms with Gasteiger partial charge in [0.1, 0.15) is 5.03 Å². The minimum Gasteiger partial charge on any atom is -0.337 e. The van der Waals surface area contributed by atoms with Crippen molar-refractivity contribution < 1.29 is 4.79 Å². The maximum atomic E-state index is 13.1. The van der Waals surface area contributed by atoms with Crippen molar-refractivity contribution in [3.63, 3.8) is 0 Å². The van der Waals surface area contributed by atoms with Gasteiger partial charge in [-0.1, -0.05) is 6.42 Å². The molecule has 2 atom stereocenters. The first-order valence-corrected chi connectivity index (χ1v) is 10.5. The van der Waals surface area contributed by atoms with Gasteiger partial charge in [0.05, 0.1) is 5.56 Å². The largest absolute Gasteiger partial charge is 0.337 e. The van der Waals surface area contributed by atoms with Crippen molar-refractivity contribution in [1.82, 2.24) is 14.8 Å². The summed E-state index contributed by atoms with van der Waals surface area (Å²) >= 11 is 1.56. The lowest BCUT2D eigenvalue weighted by Crippen LogP contribution is -2.47. The monoisotopic (exact) mass is 345 g/mol. The van der Waals surface area contributed by atoms with Crippen molar-refractivity contribution >= 4 is 17.7 Å². The standard InChI is InChI=1S/C19H27N3OS/c1-24-18-17(6-3-9-20-18)19(23)22-12-15-7-8-16(13-22)21(11-15)10-14-4-2-5-14/h3,6,9,14-16H,2,4-5,7-8,10-13H2,1H3/t15-,16-/m0/s1. The van der Waals surface area contributed by atoms with Gasteiger partial charge in [-0.2, -0.15) is 0 Å². The summed E-state index contributed by atoms with van der Waals surface area (Å²) in [5.74, 6) is 1.73. The fourth-order valence-electron chi connectivity index (χ4n) is 4.46. The summed E-state index contributed by atoms with van der Waals surface area (Å²) in [6, 6.07) is 4.37. The van der Waals surface area contributed by atoms with E-state index >= 15 is 0 Å². The molecule has 130 valence electrons. The minimum absolute atomic E-state index is 0.176. The lowest BCUT2D eigenvalue weighted by molar-refractivity contribution is 0.0713. The first kappa shape index (κ1) is 16.4. The Morgan fingerprint density at radius 1 is 1.25 bits per heavy atom. The van der Waals surface area contributed by atoms with Crippen LogP contribution in [0, 0.1) is 11.8 Å². The molecule has 4 heterocycles. The molecular weight excluding hydrogens is 318 g/mol. The molecule has 3 saturated heterocycles. The third-order valence-electron chi connectivity index (χ3n) is 6.03. The van der Waals surface area contributed by atoms with Crippen LogP contribution in [-0.2, 0) is 0 Å². The number of carbonyl (C=O) groups is 1. The Kier molecular flexibility index (Phi) is 4.81. The van der Waals surface area contributed by atoms with Crippen LogP contribution in [0.25, 0.3) is 0 Å². The molecule has 0 unspecified atom stereocenters. The first-order valence-electron chi connectivity index (χ1n) is 9.27. The Balaban J connectivity index is 1.49. The second-order valence-electron chi connectivity index (χ2n) is 7.62. The topological polar surface area (TPSA) is 36.4 Å². The summed E-state index contributed by atoms with van der Waals surface area (Å²) < 4.78 is 0. The molecule has 4 aliphatic rings. The molecule has 4 fully saturated rings. The number of fused-ring (bicyclic) bond motifs is 4. The van der Waals surface area contributed by atoms with Gasteiger partial charge in [-0.15, -0.1) is 11.8 Å². The maximum absolute atomic E-state index is 13.1. The highest BCUT2D eigenvalue weighted by Gasteiger charge is 2.38. The Labute approximate surface area is 149 Å². The first-order chi connectivity index (χ1) is 11.7. The van der Waals surface area contributed by atoms with Crippen LogP contribution in [0.2, 0.25) is 0 Å². The summed E-state index contributed by atoms with van der Waals surface area (Å²) in [6.45, 7) is 4.25. The van der Waals surface area contributed by atoms with E-state index in [9.17, 15) is 4.79 Å². The van der Waals surface area contributed by atoms with Crippen LogP contribution in [0.4, 0.5) is 0 Å². The van der Waals surface area contributed by atoms with Gasteiger partial charge in [-0.25, -0.2) is 4.98 Å². The number of hydrogen-bond acceptors (Lipinski definition) is 4. The minimum atomic E-state index is 0.176. The smallest absolute Gasteiger partial charge is 0.256 e. The fourth-order valence-corrected chi connectivity index (χ4v) is 5.00. The molecule has 1 aliphatic carbocycles. The SMILES string of the molecule is CSc1ncccc1C(=O)N1C[C@H]2CC[C@@H](C1)N(CC1CCC1)C2. The van der Waals surface area contributed by atoms with E-state index < -0.39 is 0 Å². The number of piperidine rings is 1. The highest BCUT2D eigenvalue weighted by Crippen LogP contribution is 2.33. The molecule has 24 heavy (non-hydrogen) atoms. The number of rotatable bonds is 4. The van der Waals surface area contributed by atoms with Gasteiger partial charge in [0.25, 0.3) is 5.91 Å². The highest BCUT2D eigenvalue weighted by molar-refractivity contribution is 7.98. The number of amides is 1. The molecule has 5 heteroatoms. The summed E-state index contributed by atoms with van der Waals surface area (Å²) in [5, 5.41) is 0.852. The number of hydrogen-bond donors (Lipinski definition) is 0. The van der Waals surface area contributed by atoms with Gasteiger partial charge in [0.15, 0.2) is 0 Å². The maximum Gasteiger partial charge on any atom is 0.256 e. The van der Waals surface area contributed by atoms with Gasteiger partial charge in [0, 0.05) is 38.4 Å². The Morgan fingerprint density at radius 3 is 2.88 bits per heavy atom. The molecule has 2 bridgehead atoms. The van der Waals surface area contributed by atoms with Gasteiger partial charge in [0.2, 0.25) is 0 Å². The average Bonchev–Trinajstić information content (AvgIpc) is 2.89. The predicted octanol–water partition coefficient (Wildman–Crippen LogP) is 3.14. The average molecular weight is 346 g/mol. The molecule has 0 radical (unpaired) electrons. The van der Waals surface area contributed by atoms with Crippen molar-refractivity contribution in [1.29, 1.82) is 0 Å². The summed E-state index contributed by atoms with van der Waals surface area (Å²) in [4.78, 5) is 22.3. The van der Waals surface area contributed by atoms with Crippen molar-refractivity contribution in [2.75, 3.05) is 32.4 Å². The van der Waals surface area contributed by atoms with E-state index in [0.29, 0.717) is 12.0 Å². The normalized spacial score (nSPS) is 27.8. The van der Waals surface area contributed by atoms with E-state index in [2.05, 4.69) is 14.8 Å². The van der Waals surface area contributed by atoms with Crippen LogP contribution in [0.1, 0.15) is 42.5 Å². The van der Waals surface area contributed by atoms with Gasteiger partial charge >= 0.3 is 0 Å². The predicted molar refractivity (Wildman–Crippen MR) is 97.3 cm³/mol. The van der Waals surface area contributed by atoms with E-state index in [0.717, 1.165) is 29.6 Å². The summed E-state index contributed by atoms with van der Waals surface area (Å²) in [6.07, 6.45) is 10.5. The molecule has 0 aromatic carbocycles. The van der Waals surface area contributed by atoms with Crippen LogP contribution < -0.4 is 0 Å². The van der Waals surface area contributed by atoms with E-state index in [-0.39, 0.29) is 5.91 Å². The van der Waals surface area contributed by atoms with Gasteiger partial charge in [-0.05, 0) is 55.9 Å². The van der Waals surface area contributed by atoms with E-state index in [1.54, 1.807) is 18.0 Å². The molecule has 1 aromatic rings. The highest BCUT2D eigenvalue weighted by atomic mass is 32.2. The number of carbonyl (C=O) groups excluding carboxylic acids is 1. The molecule has 4 nitrogen and oxygen atoms in total. The van der Waals surface area contributed by atoms with Crippen molar-refractivity contribution in [3.05, 3.63) is 23.9 Å². The molecule has 3 aliphatic heterocycles. The van der Waals surface area contributed by atoms with Gasteiger partial charge in [-0.3, -0.25) is 9.69 Å². The molecule has 1 saturated carbocycles. The number of nitrogens with zero attached hydrogens (tertiary/aromatic N) is 3. The zero-order chi connectivity index (χ0) is 16.5. The van der Waals surface area contributed by atoms with Gasteiger partial charge < -0.3 is 4.90 Å². The van der Waals surface area contributed by atoms with Crippen LogP contribution in [0.3, 0.4) is 0 Å². The van der Waals surface area contributed by atoms with Crippen LogP contribution in [0.5, 0.6) is 0 Å². The molecule has 5 rings (SSSR count). The molecule has 1 aromatic heterocycles. The van der Waals surface area contributed by atoms with Crippen molar-refractivity contribution in [2.24, 2.45) is 11.8 Å². The summed E-state index contributed by atoms with van der Waals surface area (Å²) in [5.41, 5.74) is 0.775. The third kappa shape index (κ3) is 3.21. The third-order valence-corrected chi connectivity index (χ3v) is 6.74. The van der Waals surface area contributed by atoms with Crippen molar-refractivity contribution in [3.8, 4) is 0 Å². The van der Waals surface area contributed by atoms with E-state index in [1.165, 1.54) is 45.2 Å². The van der Waals surface area contributed by atoms with Crippen LogP contribution >= 0.6 is 11.8 Å². The van der Waals surface area contributed by atoms with Crippen LogP contribution in [-0.4, -0.2) is 59.2 Å². The second-order valence-corrected chi connectivity index (χ2v) is 8.41. The zero-order valence-electron chi connectivity index (χ0n) is 14.5. The fraction of sp³-hybridized carbons (Fsp3) is 0.684. The number of thioether (sulfide) groups is 1. The van der Waals surface area contributed by atoms with Crippen LogP contribution in [0.15, 0.2) is 23.4 Å². The molecule has 0 N–H and O–H groups in total. The van der Waals surface area contributed by atoms with Crippen molar-refractivity contribution in [2.45, 2.75) is 43.2 Å². The molecular formula is C19H27N3OS. The van der Waals surface area contributed by atoms with E-state index in [4.69, 9.17) is 0 Å². The second kappa shape index (κ2) is 7.04. The molecule has 1 amide bonds. The Hall–Kier alpha value is -1.07. The number of pyridine rings is 1. The van der Waals surface area contributed by atoms with E-state index in [1.807, 2.05) is 18.4 Å². The molecule has 0 spiro atoms. The summed E-state index contributed by atoms with van der Waals surface area (Å²) in [7, 11) is 0. The Morgan fingerprint density at radius 2 is 2.12 bits per heavy atom. The number of aromatic nitrogens is 1. The zero-order valence-corrected chi connectivity index (χ0v) is 15.3.